The van der Waals surface area contributed by atoms with Gasteiger partial charge in [0.2, 0.25) is 0 Å². The van der Waals surface area contributed by atoms with Crippen LogP contribution >= 0.6 is 0 Å². The Bertz CT molecular complexity index is 326. The summed E-state index contributed by atoms with van der Waals surface area (Å²) in [6.45, 7) is 9.06. The number of hydrogen-bond donors (Lipinski definition) is 0. The third-order valence-corrected chi connectivity index (χ3v) is 2.25. The summed E-state index contributed by atoms with van der Waals surface area (Å²) in [6.07, 6.45) is 0.990. The van der Waals surface area contributed by atoms with Gasteiger partial charge in [0.1, 0.15) is 11.6 Å². The molecule has 0 heterocycles. The van der Waals surface area contributed by atoms with Crippen molar-refractivity contribution < 1.29 is 9.13 Å². The van der Waals surface area contributed by atoms with E-state index < -0.39 is 0 Å². The van der Waals surface area contributed by atoms with Crippen molar-refractivity contribution in [1.29, 1.82) is 0 Å². The molecule has 0 aromatic heterocycles. The highest BCUT2D eigenvalue weighted by Crippen LogP contribution is 2.22. The Labute approximate surface area is 91.3 Å². The first-order chi connectivity index (χ1) is 6.88. The zero-order chi connectivity index (χ0) is 11.5. The van der Waals surface area contributed by atoms with Gasteiger partial charge in [0, 0.05) is 0 Å². The number of hydrogen-bond acceptors (Lipinski definition) is 1. The lowest BCUT2D eigenvalue weighted by atomic mass is 9.93. The molecule has 0 atom stereocenters. The smallest absolute Gasteiger partial charge is 0.123 e. The van der Waals surface area contributed by atoms with E-state index in [1.165, 1.54) is 12.1 Å². The quantitative estimate of drug-likeness (QED) is 0.734. The van der Waals surface area contributed by atoms with Crippen LogP contribution in [0.4, 0.5) is 4.39 Å². The Morgan fingerprint density at radius 2 is 1.93 bits per heavy atom. The number of ether oxygens (including phenoxy) is 1. The summed E-state index contributed by atoms with van der Waals surface area (Å²) in [7, 11) is 0. The standard InChI is InChI=1S/C13H19FO/c1-10-9-11(14)5-6-12(10)15-8-7-13(2,3)4/h5-6,9H,7-8H2,1-4H3. The molecule has 15 heavy (non-hydrogen) atoms. The molecule has 0 aliphatic heterocycles. The highest BCUT2D eigenvalue weighted by molar-refractivity contribution is 5.32. The normalized spacial score (nSPS) is 11.5. The topological polar surface area (TPSA) is 9.23 Å². The van der Waals surface area contributed by atoms with E-state index in [9.17, 15) is 4.39 Å². The Hall–Kier alpha value is -1.05. The van der Waals surface area contributed by atoms with Gasteiger partial charge in [-0.05, 0) is 42.5 Å². The monoisotopic (exact) mass is 210 g/mol. The van der Waals surface area contributed by atoms with Crippen LogP contribution < -0.4 is 4.74 Å². The molecule has 0 saturated carbocycles. The first kappa shape index (κ1) is 12.0. The van der Waals surface area contributed by atoms with Crippen LogP contribution in [0.1, 0.15) is 32.8 Å². The second-order valence-corrected chi connectivity index (χ2v) is 5.07. The van der Waals surface area contributed by atoms with Gasteiger partial charge in [0.05, 0.1) is 6.61 Å². The zero-order valence-corrected chi connectivity index (χ0v) is 9.93. The number of halogens is 1. The molecule has 0 unspecified atom stereocenters. The van der Waals surface area contributed by atoms with Crippen molar-refractivity contribution in [1.82, 2.24) is 0 Å². The third kappa shape index (κ3) is 4.32. The maximum atomic E-state index is 12.8. The van der Waals surface area contributed by atoms with Crippen molar-refractivity contribution >= 4 is 0 Å². The summed E-state index contributed by atoms with van der Waals surface area (Å²) < 4.78 is 18.4. The van der Waals surface area contributed by atoms with Gasteiger partial charge in [-0.1, -0.05) is 20.8 Å². The largest absolute Gasteiger partial charge is 0.493 e. The molecule has 1 rings (SSSR count). The third-order valence-electron chi connectivity index (χ3n) is 2.25. The average Bonchev–Trinajstić information content (AvgIpc) is 2.07. The van der Waals surface area contributed by atoms with Gasteiger partial charge in [-0.2, -0.15) is 0 Å². The zero-order valence-electron chi connectivity index (χ0n) is 9.93. The molecule has 0 bridgehead atoms. The SMILES string of the molecule is Cc1cc(F)ccc1OCCC(C)(C)C. The lowest BCUT2D eigenvalue weighted by molar-refractivity contribution is 0.241. The van der Waals surface area contributed by atoms with Crippen LogP contribution in [0.3, 0.4) is 0 Å². The first-order valence-corrected chi connectivity index (χ1v) is 5.27. The van der Waals surface area contributed by atoms with E-state index >= 15 is 0 Å². The van der Waals surface area contributed by atoms with Crippen molar-refractivity contribution in [3.05, 3.63) is 29.6 Å². The Morgan fingerprint density at radius 1 is 1.27 bits per heavy atom. The van der Waals surface area contributed by atoms with Gasteiger partial charge in [0.15, 0.2) is 0 Å². The van der Waals surface area contributed by atoms with Crippen LogP contribution in [0.15, 0.2) is 18.2 Å². The molecular weight excluding hydrogens is 191 g/mol. The Balaban J connectivity index is 2.51. The predicted molar refractivity (Wildman–Crippen MR) is 60.7 cm³/mol. The summed E-state index contributed by atoms with van der Waals surface area (Å²) in [4.78, 5) is 0. The maximum absolute atomic E-state index is 12.8. The lowest BCUT2D eigenvalue weighted by Gasteiger charge is -2.18. The van der Waals surface area contributed by atoms with Crippen LogP contribution in [-0.2, 0) is 0 Å². The highest BCUT2D eigenvalue weighted by atomic mass is 19.1. The van der Waals surface area contributed by atoms with E-state index in [2.05, 4.69) is 20.8 Å². The summed E-state index contributed by atoms with van der Waals surface area (Å²) in [6, 6.07) is 4.61. The van der Waals surface area contributed by atoms with Gasteiger partial charge >= 0.3 is 0 Å². The second-order valence-electron chi connectivity index (χ2n) is 5.07. The van der Waals surface area contributed by atoms with Crippen molar-refractivity contribution in [2.24, 2.45) is 5.41 Å². The maximum Gasteiger partial charge on any atom is 0.123 e. The molecule has 0 saturated heterocycles. The van der Waals surface area contributed by atoms with Crippen LogP contribution in [0.5, 0.6) is 5.75 Å². The number of aryl methyl sites for hydroxylation is 1. The van der Waals surface area contributed by atoms with E-state index in [1.54, 1.807) is 6.07 Å². The van der Waals surface area contributed by atoms with E-state index in [0.29, 0.717) is 6.61 Å². The minimum Gasteiger partial charge on any atom is -0.493 e. The van der Waals surface area contributed by atoms with Crippen molar-refractivity contribution in [3.63, 3.8) is 0 Å². The molecule has 0 N–H and O–H groups in total. The van der Waals surface area contributed by atoms with E-state index in [-0.39, 0.29) is 11.2 Å². The van der Waals surface area contributed by atoms with E-state index in [1.807, 2.05) is 6.92 Å². The van der Waals surface area contributed by atoms with Gasteiger partial charge in [0.25, 0.3) is 0 Å². The lowest BCUT2D eigenvalue weighted by Crippen LogP contribution is -2.11. The van der Waals surface area contributed by atoms with Gasteiger partial charge in [-0.25, -0.2) is 4.39 Å². The summed E-state index contributed by atoms with van der Waals surface area (Å²) in [5.41, 5.74) is 1.12. The van der Waals surface area contributed by atoms with Crippen LogP contribution in [0, 0.1) is 18.2 Å². The van der Waals surface area contributed by atoms with Gasteiger partial charge < -0.3 is 4.74 Å². The van der Waals surface area contributed by atoms with E-state index in [0.717, 1.165) is 17.7 Å². The average molecular weight is 210 g/mol. The molecule has 2 heteroatoms. The molecule has 0 radical (unpaired) electrons. The fraction of sp³-hybridized carbons (Fsp3) is 0.538. The predicted octanol–water partition coefficient (Wildman–Crippen LogP) is 3.95. The van der Waals surface area contributed by atoms with Crippen molar-refractivity contribution in [2.75, 3.05) is 6.61 Å². The minimum atomic E-state index is -0.212. The first-order valence-electron chi connectivity index (χ1n) is 5.27. The van der Waals surface area contributed by atoms with Crippen LogP contribution in [-0.4, -0.2) is 6.61 Å². The fourth-order valence-corrected chi connectivity index (χ4v) is 1.24. The van der Waals surface area contributed by atoms with E-state index in [4.69, 9.17) is 4.74 Å². The molecule has 1 aromatic rings. The molecule has 1 nitrogen and oxygen atoms in total. The summed E-state index contributed by atoms with van der Waals surface area (Å²) >= 11 is 0. The Morgan fingerprint density at radius 3 is 2.47 bits per heavy atom. The van der Waals surface area contributed by atoms with Crippen LogP contribution in [0.25, 0.3) is 0 Å². The number of rotatable bonds is 3. The highest BCUT2D eigenvalue weighted by Gasteiger charge is 2.10. The molecule has 1 aromatic carbocycles. The molecule has 0 fully saturated rings. The molecule has 0 spiro atoms. The summed E-state index contributed by atoms with van der Waals surface area (Å²) in [5, 5.41) is 0. The molecule has 84 valence electrons. The number of benzene rings is 1. The van der Waals surface area contributed by atoms with Crippen molar-refractivity contribution in [3.8, 4) is 5.75 Å². The molecule has 0 aliphatic rings. The van der Waals surface area contributed by atoms with Gasteiger partial charge in [-0.3, -0.25) is 0 Å². The molecule has 0 amide bonds. The van der Waals surface area contributed by atoms with Gasteiger partial charge in [-0.15, -0.1) is 0 Å². The minimum absolute atomic E-state index is 0.212. The molecule has 0 aliphatic carbocycles. The fourth-order valence-electron chi connectivity index (χ4n) is 1.24. The van der Waals surface area contributed by atoms with Crippen molar-refractivity contribution in [2.45, 2.75) is 34.1 Å². The van der Waals surface area contributed by atoms with Crippen LogP contribution in [0.2, 0.25) is 0 Å². The Kier molecular flexibility index (Phi) is 3.72. The summed E-state index contributed by atoms with van der Waals surface area (Å²) in [5.74, 6) is 0.566. The second kappa shape index (κ2) is 4.65. The molecular formula is C13H19FO.